The molecule has 28 heavy (non-hydrogen) atoms. The van der Waals surface area contributed by atoms with E-state index in [-0.39, 0.29) is 23.1 Å². The molecule has 2 aromatic carbocycles. The standard InChI is InChI=1S/C21H22ClN3O2S/c1-14(2)12-25-20(27)17-9-4-5-10-18(17)23-21(25)28-13-19(26)24(3)16-8-6-7-15(22)11-16/h4-11,14H,12-13H2,1-3H3. The second kappa shape index (κ2) is 8.80. The number of carbonyl (C=O) groups excluding carboxylic acids is 1. The molecule has 1 heterocycles. The number of benzene rings is 2. The third kappa shape index (κ3) is 4.56. The second-order valence-corrected chi connectivity index (χ2v) is 8.32. The Bertz CT molecular complexity index is 1060. The number of hydrogen-bond acceptors (Lipinski definition) is 4. The zero-order chi connectivity index (χ0) is 20.3. The number of nitrogens with zero attached hydrogens (tertiary/aromatic N) is 3. The highest BCUT2D eigenvalue weighted by molar-refractivity contribution is 7.99. The molecule has 5 nitrogen and oxygen atoms in total. The molecule has 0 saturated heterocycles. The Hall–Kier alpha value is -2.31. The van der Waals surface area contributed by atoms with Crippen molar-refractivity contribution in [3.05, 3.63) is 63.9 Å². The van der Waals surface area contributed by atoms with E-state index in [4.69, 9.17) is 11.6 Å². The number of thioether (sulfide) groups is 1. The predicted octanol–water partition coefficient (Wildman–Crippen LogP) is 4.46. The fraction of sp³-hybridized carbons (Fsp3) is 0.286. The molecule has 3 rings (SSSR count). The van der Waals surface area contributed by atoms with Crippen molar-refractivity contribution in [2.45, 2.75) is 25.5 Å². The van der Waals surface area contributed by atoms with Gasteiger partial charge < -0.3 is 4.90 Å². The largest absolute Gasteiger partial charge is 0.315 e. The average Bonchev–Trinajstić information content (AvgIpc) is 2.67. The van der Waals surface area contributed by atoms with Crippen molar-refractivity contribution in [2.75, 3.05) is 17.7 Å². The Balaban J connectivity index is 1.86. The van der Waals surface area contributed by atoms with Gasteiger partial charge in [0.15, 0.2) is 5.16 Å². The van der Waals surface area contributed by atoms with Gasteiger partial charge in [0, 0.05) is 24.3 Å². The van der Waals surface area contributed by atoms with E-state index >= 15 is 0 Å². The molecule has 0 aliphatic carbocycles. The van der Waals surface area contributed by atoms with Gasteiger partial charge in [-0.3, -0.25) is 14.2 Å². The summed E-state index contributed by atoms with van der Waals surface area (Å²) in [6, 6.07) is 14.4. The van der Waals surface area contributed by atoms with Crippen LogP contribution in [0.25, 0.3) is 10.9 Å². The number of anilines is 1. The Morgan fingerprint density at radius 3 is 2.68 bits per heavy atom. The summed E-state index contributed by atoms with van der Waals surface area (Å²) >= 11 is 7.30. The number of hydrogen-bond donors (Lipinski definition) is 0. The van der Waals surface area contributed by atoms with Gasteiger partial charge in [0.25, 0.3) is 5.56 Å². The van der Waals surface area contributed by atoms with E-state index in [0.717, 1.165) is 5.69 Å². The summed E-state index contributed by atoms with van der Waals surface area (Å²) in [5.74, 6) is 0.363. The number of carbonyl (C=O) groups is 1. The molecular formula is C21H22ClN3O2S. The maximum atomic E-state index is 12.9. The van der Waals surface area contributed by atoms with E-state index in [1.54, 1.807) is 40.8 Å². The van der Waals surface area contributed by atoms with E-state index in [1.807, 2.05) is 38.1 Å². The molecule has 0 fully saturated rings. The molecule has 7 heteroatoms. The molecule has 0 bridgehead atoms. The number of para-hydroxylation sites is 1. The van der Waals surface area contributed by atoms with Crippen LogP contribution in [-0.2, 0) is 11.3 Å². The Morgan fingerprint density at radius 2 is 1.96 bits per heavy atom. The number of rotatable bonds is 6. The third-order valence-corrected chi connectivity index (χ3v) is 5.46. The topological polar surface area (TPSA) is 55.2 Å². The van der Waals surface area contributed by atoms with E-state index in [2.05, 4.69) is 4.98 Å². The molecule has 1 aromatic heterocycles. The average molecular weight is 416 g/mol. The van der Waals surface area contributed by atoms with Gasteiger partial charge in [-0.05, 0) is 36.2 Å². The van der Waals surface area contributed by atoms with Crippen LogP contribution < -0.4 is 10.5 Å². The molecule has 0 N–H and O–H groups in total. The maximum absolute atomic E-state index is 12.9. The minimum absolute atomic E-state index is 0.0718. The van der Waals surface area contributed by atoms with Gasteiger partial charge in [0.1, 0.15) is 0 Å². The first-order valence-corrected chi connectivity index (χ1v) is 10.4. The van der Waals surface area contributed by atoms with Crippen molar-refractivity contribution >= 4 is 45.9 Å². The van der Waals surface area contributed by atoms with Crippen LogP contribution in [0.5, 0.6) is 0 Å². The van der Waals surface area contributed by atoms with E-state index in [1.165, 1.54) is 11.8 Å². The summed E-state index contributed by atoms with van der Waals surface area (Å²) in [6.45, 7) is 4.65. The Kier molecular flexibility index (Phi) is 6.42. The highest BCUT2D eigenvalue weighted by Crippen LogP contribution is 2.22. The fourth-order valence-corrected chi connectivity index (χ4v) is 3.94. The summed E-state index contributed by atoms with van der Waals surface area (Å²) in [5, 5.41) is 1.73. The van der Waals surface area contributed by atoms with Crippen molar-refractivity contribution in [3.8, 4) is 0 Å². The monoisotopic (exact) mass is 415 g/mol. The summed E-state index contributed by atoms with van der Waals surface area (Å²) in [5.41, 5.74) is 1.30. The first-order valence-electron chi connectivity index (χ1n) is 9.01. The summed E-state index contributed by atoms with van der Waals surface area (Å²) < 4.78 is 1.67. The van der Waals surface area contributed by atoms with Crippen molar-refractivity contribution in [3.63, 3.8) is 0 Å². The number of halogens is 1. The summed E-state index contributed by atoms with van der Waals surface area (Å²) in [4.78, 5) is 31.8. The highest BCUT2D eigenvalue weighted by Gasteiger charge is 2.16. The van der Waals surface area contributed by atoms with Crippen molar-refractivity contribution in [1.29, 1.82) is 0 Å². The molecule has 0 saturated carbocycles. The van der Waals surface area contributed by atoms with Crippen LogP contribution in [0.15, 0.2) is 58.5 Å². The van der Waals surface area contributed by atoms with Gasteiger partial charge in [-0.25, -0.2) is 4.98 Å². The zero-order valence-electron chi connectivity index (χ0n) is 16.1. The first kappa shape index (κ1) is 20.4. The zero-order valence-corrected chi connectivity index (χ0v) is 17.6. The van der Waals surface area contributed by atoms with Crippen LogP contribution in [-0.4, -0.2) is 28.3 Å². The lowest BCUT2D eigenvalue weighted by molar-refractivity contribution is -0.115. The molecule has 0 aliphatic heterocycles. The van der Waals surface area contributed by atoms with E-state index < -0.39 is 0 Å². The van der Waals surface area contributed by atoms with Gasteiger partial charge in [-0.15, -0.1) is 0 Å². The smallest absolute Gasteiger partial charge is 0.262 e. The van der Waals surface area contributed by atoms with Crippen molar-refractivity contribution < 1.29 is 4.79 Å². The molecule has 0 unspecified atom stereocenters. The lowest BCUT2D eigenvalue weighted by Crippen LogP contribution is -2.29. The number of amides is 1. The van der Waals surface area contributed by atoms with Gasteiger partial charge in [-0.1, -0.05) is 55.4 Å². The fourth-order valence-electron chi connectivity index (χ4n) is 2.84. The van der Waals surface area contributed by atoms with Crippen LogP contribution in [0.4, 0.5) is 5.69 Å². The van der Waals surface area contributed by atoms with Crippen LogP contribution >= 0.6 is 23.4 Å². The molecular weight excluding hydrogens is 394 g/mol. The minimum atomic E-state index is -0.0919. The van der Waals surface area contributed by atoms with Gasteiger partial charge >= 0.3 is 0 Å². The van der Waals surface area contributed by atoms with Crippen molar-refractivity contribution in [2.24, 2.45) is 5.92 Å². The van der Waals surface area contributed by atoms with Crippen LogP contribution in [0.3, 0.4) is 0 Å². The molecule has 0 aliphatic rings. The lowest BCUT2D eigenvalue weighted by Gasteiger charge is -2.18. The Morgan fingerprint density at radius 1 is 1.21 bits per heavy atom. The van der Waals surface area contributed by atoms with Crippen LogP contribution in [0, 0.1) is 5.92 Å². The third-order valence-electron chi connectivity index (χ3n) is 4.27. The van der Waals surface area contributed by atoms with Gasteiger partial charge in [-0.2, -0.15) is 0 Å². The predicted molar refractivity (Wildman–Crippen MR) is 116 cm³/mol. The van der Waals surface area contributed by atoms with Crippen LogP contribution in [0.1, 0.15) is 13.8 Å². The Labute approximate surface area is 173 Å². The molecule has 3 aromatic rings. The molecule has 1 amide bonds. The summed E-state index contributed by atoms with van der Waals surface area (Å²) in [6.07, 6.45) is 0. The molecule has 146 valence electrons. The lowest BCUT2D eigenvalue weighted by atomic mass is 10.2. The second-order valence-electron chi connectivity index (χ2n) is 6.94. The molecule has 0 radical (unpaired) electrons. The molecule has 0 atom stereocenters. The highest BCUT2D eigenvalue weighted by atomic mass is 35.5. The van der Waals surface area contributed by atoms with Crippen LogP contribution in [0.2, 0.25) is 5.02 Å². The molecule has 0 spiro atoms. The van der Waals surface area contributed by atoms with Crippen molar-refractivity contribution in [1.82, 2.24) is 9.55 Å². The minimum Gasteiger partial charge on any atom is -0.315 e. The van der Waals surface area contributed by atoms with Gasteiger partial charge in [0.05, 0.1) is 16.7 Å². The number of fused-ring (bicyclic) bond motifs is 1. The van der Waals surface area contributed by atoms with E-state index in [9.17, 15) is 9.59 Å². The SMILES string of the molecule is CC(C)Cn1c(SCC(=O)N(C)c2cccc(Cl)c2)nc2ccccc2c1=O. The normalized spacial score (nSPS) is 11.2. The van der Waals surface area contributed by atoms with Gasteiger partial charge in [0.2, 0.25) is 5.91 Å². The maximum Gasteiger partial charge on any atom is 0.262 e. The quantitative estimate of drug-likeness (QED) is 0.440. The number of aromatic nitrogens is 2. The first-order chi connectivity index (χ1) is 13.4. The van der Waals surface area contributed by atoms with E-state index in [0.29, 0.717) is 27.6 Å². The summed E-state index contributed by atoms with van der Waals surface area (Å²) in [7, 11) is 1.71.